The Labute approximate surface area is 124 Å². The smallest absolute Gasteiger partial charge is 0.0716 e. The number of hydrogen-bond donors (Lipinski definition) is 0. The minimum Gasteiger partial charge on any atom is -0.377 e. The van der Waals surface area contributed by atoms with Gasteiger partial charge in [0.05, 0.1) is 6.61 Å². The zero-order valence-corrected chi connectivity index (χ0v) is 13.0. The van der Waals surface area contributed by atoms with E-state index in [9.17, 15) is 0 Å². The van der Waals surface area contributed by atoms with Crippen molar-refractivity contribution >= 4 is 0 Å². The molecule has 0 spiro atoms. The average molecular weight is 272 g/mol. The summed E-state index contributed by atoms with van der Waals surface area (Å²) in [5, 5.41) is 0. The summed E-state index contributed by atoms with van der Waals surface area (Å²) in [6.45, 7) is 5.79. The van der Waals surface area contributed by atoms with Crippen molar-refractivity contribution in [2.45, 2.75) is 58.5 Å². The first-order valence-corrected chi connectivity index (χ1v) is 8.16. The van der Waals surface area contributed by atoms with E-state index in [0.717, 1.165) is 25.0 Å². The molecular formula is C19H28O. The van der Waals surface area contributed by atoms with Crippen LogP contribution < -0.4 is 0 Å². The van der Waals surface area contributed by atoms with Crippen molar-refractivity contribution in [2.75, 3.05) is 6.61 Å². The Hall–Kier alpha value is -1.08. The Morgan fingerprint density at radius 1 is 1.05 bits per heavy atom. The van der Waals surface area contributed by atoms with Gasteiger partial charge in [0.1, 0.15) is 0 Å². The van der Waals surface area contributed by atoms with Crippen molar-refractivity contribution in [1.82, 2.24) is 0 Å². The summed E-state index contributed by atoms with van der Waals surface area (Å²) in [5.41, 5.74) is 2.80. The fourth-order valence-corrected chi connectivity index (χ4v) is 3.08. The SMILES string of the molecule is CC/C=C/C1CCC(c2ccc(COCC)cc2)CC1. The van der Waals surface area contributed by atoms with Crippen LogP contribution in [0.4, 0.5) is 0 Å². The number of allylic oxidation sites excluding steroid dienone is 2. The van der Waals surface area contributed by atoms with E-state index in [0.29, 0.717) is 0 Å². The van der Waals surface area contributed by atoms with Crippen LogP contribution in [-0.2, 0) is 11.3 Å². The number of ether oxygens (including phenoxy) is 1. The molecule has 2 rings (SSSR count). The van der Waals surface area contributed by atoms with Gasteiger partial charge in [-0.3, -0.25) is 0 Å². The minimum atomic E-state index is 0.741. The second kappa shape index (κ2) is 8.26. The van der Waals surface area contributed by atoms with Crippen LogP contribution in [0.2, 0.25) is 0 Å². The third-order valence-electron chi connectivity index (χ3n) is 4.34. The molecule has 0 saturated heterocycles. The Balaban J connectivity index is 1.85. The number of rotatable bonds is 6. The maximum absolute atomic E-state index is 5.45. The van der Waals surface area contributed by atoms with Gasteiger partial charge < -0.3 is 4.74 Å². The lowest BCUT2D eigenvalue weighted by atomic mass is 9.78. The predicted molar refractivity (Wildman–Crippen MR) is 85.9 cm³/mol. The van der Waals surface area contributed by atoms with Gasteiger partial charge in [-0.05, 0) is 62.0 Å². The van der Waals surface area contributed by atoms with Crippen molar-refractivity contribution in [1.29, 1.82) is 0 Å². The lowest BCUT2D eigenvalue weighted by Crippen LogP contribution is -2.11. The molecule has 1 aromatic carbocycles. The quantitative estimate of drug-likeness (QED) is 0.624. The Morgan fingerprint density at radius 2 is 1.75 bits per heavy atom. The van der Waals surface area contributed by atoms with Gasteiger partial charge in [0, 0.05) is 6.61 Å². The summed E-state index contributed by atoms with van der Waals surface area (Å²) in [7, 11) is 0. The summed E-state index contributed by atoms with van der Waals surface area (Å²) >= 11 is 0. The molecule has 0 aromatic heterocycles. The lowest BCUT2D eigenvalue weighted by molar-refractivity contribution is 0.134. The minimum absolute atomic E-state index is 0.741. The first-order valence-electron chi connectivity index (χ1n) is 8.16. The molecule has 1 aliphatic rings. The molecule has 0 amide bonds. The van der Waals surface area contributed by atoms with Gasteiger partial charge in [-0.1, -0.05) is 43.3 Å². The molecule has 1 heteroatoms. The first kappa shape index (κ1) is 15.3. The molecule has 1 aliphatic carbocycles. The predicted octanol–water partition coefficient (Wildman–Crippen LogP) is 5.46. The summed E-state index contributed by atoms with van der Waals surface area (Å²) in [4.78, 5) is 0. The average Bonchev–Trinajstić information content (AvgIpc) is 2.52. The van der Waals surface area contributed by atoms with Crippen LogP contribution in [-0.4, -0.2) is 6.61 Å². The Kier molecular flexibility index (Phi) is 6.32. The Morgan fingerprint density at radius 3 is 2.35 bits per heavy atom. The molecule has 0 atom stereocenters. The summed E-state index contributed by atoms with van der Waals surface area (Å²) in [5.74, 6) is 1.59. The highest BCUT2D eigenvalue weighted by Gasteiger charge is 2.20. The van der Waals surface area contributed by atoms with Gasteiger partial charge in [0.15, 0.2) is 0 Å². The molecule has 1 saturated carbocycles. The molecule has 0 aliphatic heterocycles. The zero-order valence-electron chi connectivity index (χ0n) is 13.0. The van der Waals surface area contributed by atoms with E-state index in [4.69, 9.17) is 4.74 Å². The number of benzene rings is 1. The van der Waals surface area contributed by atoms with Crippen LogP contribution in [0.15, 0.2) is 36.4 Å². The van der Waals surface area contributed by atoms with Crippen LogP contribution in [0.3, 0.4) is 0 Å². The third kappa shape index (κ3) is 4.49. The summed E-state index contributed by atoms with van der Waals surface area (Å²) in [6.07, 6.45) is 11.3. The van der Waals surface area contributed by atoms with E-state index in [2.05, 4.69) is 43.3 Å². The van der Waals surface area contributed by atoms with Crippen molar-refractivity contribution < 1.29 is 4.74 Å². The van der Waals surface area contributed by atoms with Gasteiger partial charge in [0.25, 0.3) is 0 Å². The molecule has 0 heterocycles. The fourth-order valence-electron chi connectivity index (χ4n) is 3.08. The van der Waals surface area contributed by atoms with E-state index < -0.39 is 0 Å². The van der Waals surface area contributed by atoms with E-state index >= 15 is 0 Å². The third-order valence-corrected chi connectivity index (χ3v) is 4.34. The van der Waals surface area contributed by atoms with Crippen LogP contribution in [0, 0.1) is 5.92 Å². The normalized spacial score (nSPS) is 23.3. The molecule has 0 N–H and O–H groups in total. The maximum atomic E-state index is 5.45. The molecule has 0 bridgehead atoms. The highest BCUT2D eigenvalue weighted by atomic mass is 16.5. The van der Waals surface area contributed by atoms with Gasteiger partial charge in [-0.25, -0.2) is 0 Å². The highest BCUT2D eigenvalue weighted by Crippen LogP contribution is 2.36. The molecule has 1 nitrogen and oxygen atoms in total. The van der Waals surface area contributed by atoms with Crippen LogP contribution >= 0.6 is 0 Å². The molecule has 20 heavy (non-hydrogen) atoms. The monoisotopic (exact) mass is 272 g/mol. The topological polar surface area (TPSA) is 9.23 Å². The van der Waals surface area contributed by atoms with E-state index in [-0.39, 0.29) is 0 Å². The lowest BCUT2D eigenvalue weighted by Gasteiger charge is -2.27. The molecule has 110 valence electrons. The molecular weight excluding hydrogens is 244 g/mol. The van der Waals surface area contributed by atoms with E-state index in [1.807, 2.05) is 6.92 Å². The Bertz CT molecular complexity index is 396. The van der Waals surface area contributed by atoms with Crippen LogP contribution in [0.1, 0.15) is 63.0 Å². The van der Waals surface area contributed by atoms with Crippen LogP contribution in [0.5, 0.6) is 0 Å². The van der Waals surface area contributed by atoms with Crippen molar-refractivity contribution in [3.8, 4) is 0 Å². The zero-order chi connectivity index (χ0) is 14.2. The van der Waals surface area contributed by atoms with Crippen molar-refractivity contribution in [3.63, 3.8) is 0 Å². The van der Waals surface area contributed by atoms with Crippen molar-refractivity contribution in [2.24, 2.45) is 5.92 Å². The van der Waals surface area contributed by atoms with E-state index in [1.165, 1.54) is 43.2 Å². The van der Waals surface area contributed by atoms with Crippen LogP contribution in [0.25, 0.3) is 0 Å². The largest absolute Gasteiger partial charge is 0.377 e. The second-order valence-corrected chi connectivity index (χ2v) is 5.83. The molecule has 0 radical (unpaired) electrons. The number of hydrogen-bond acceptors (Lipinski definition) is 1. The van der Waals surface area contributed by atoms with Crippen molar-refractivity contribution in [3.05, 3.63) is 47.5 Å². The maximum Gasteiger partial charge on any atom is 0.0716 e. The molecule has 1 fully saturated rings. The summed E-state index contributed by atoms with van der Waals surface area (Å²) < 4.78 is 5.45. The fraction of sp³-hybridized carbons (Fsp3) is 0.579. The highest BCUT2D eigenvalue weighted by molar-refractivity contribution is 5.25. The van der Waals surface area contributed by atoms with E-state index in [1.54, 1.807) is 0 Å². The van der Waals surface area contributed by atoms with Gasteiger partial charge >= 0.3 is 0 Å². The molecule has 0 unspecified atom stereocenters. The standard InChI is InChI=1S/C19H28O/c1-3-5-6-16-7-11-18(12-8-16)19-13-9-17(10-14-19)15-20-4-2/h5-6,9-10,13-14,16,18H,3-4,7-8,11-12,15H2,1-2H3/b6-5+. The second-order valence-electron chi connectivity index (χ2n) is 5.83. The van der Waals surface area contributed by atoms with Gasteiger partial charge in [0.2, 0.25) is 0 Å². The van der Waals surface area contributed by atoms with Gasteiger partial charge in [-0.2, -0.15) is 0 Å². The summed E-state index contributed by atoms with van der Waals surface area (Å²) in [6, 6.07) is 9.07. The molecule has 1 aromatic rings. The van der Waals surface area contributed by atoms with Gasteiger partial charge in [-0.15, -0.1) is 0 Å². The first-order chi connectivity index (χ1) is 9.83.